The van der Waals surface area contributed by atoms with Gasteiger partial charge in [0.15, 0.2) is 14.9 Å². The number of amides is 1. The van der Waals surface area contributed by atoms with Crippen LogP contribution in [0, 0.1) is 5.92 Å². The highest BCUT2D eigenvalue weighted by atomic mass is 32.2. The maximum absolute atomic E-state index is 13.9. The number of carbonyl (C=O) groups excluding carboxylic acids is 1. The number of nitrogens with one attached hydrogen (secondary N) is 1. The predicted molar refractivity (Wildman–Crippen MR) is 105 cm³/mol. The summed E-state index contributed by atoms with van der Waals surface area (Å²) < 4.78 is 119. The molecular weight excluding hydrogens is 497 g/mol. The molecule has 188 valence electrons. The molecule has 0 aromatic carbocycles. The number of hydrogen-bond donors (Lipinski definition) is 1. The van der Waals surface area contributed by atoms with Crippen LogP contribution in [-0.2, 0) is 22.6 Å². The van der Waals surface area contributed by atoms with Gasteiger partial charge < -0.3 is 5.32 Å². The van der Waals surface area contributed by atoms with Crippen molar-refractivity contribution in [3.63, 3.8) is 0 Å². The zero-order valence-electron chi connectivity index (χ0n) is 17.7. The highest BCUT2D eigenvalue weighted by Gasteiger charge is 2.48. The van der Waals surface area contributed by atoms with E-state index in [1.54, 1.807) is 0 Å². The molecule has 1 amide bonds. The topological polar surface area (TPSA) is 93.9 Å². The summed E-state index contributed by atoms with van der Waals surface area (Å²) >= 11 is 0. The Balaban J connectivity index is 2.08. The first-order valence-corrected chi connectivity index (χ1v) is 11.7. The molecule has 2 aromatic rings. The number of nitrogens with zero attached hydrogens (tertiary/aromatic N) is 3. The Morgan fingerprint density at radius 3 is 2.41 bits per heavy atom. The predicted octanol–water partition coefficient (Wildman–Crippen LogP) is 4.37. The number of alkyl halides is 7. The molecule has 3 rings (SSSR count). The molecule has 2 heterocycles. The van der Waals surface area contributed by atoms with E-state index in [0.717, 1.165) is 31.5 Å². The van der Waals surface area contributed by atoms with Gasteiger partial charge in [-0.15, -0.1) is 0 Å². The molecule has 0 bridgehead atoms. The molecule has 0 spiro atoms. The maximum atomic E-state index is 13.9. The number of hydrogen-bond acceptors (Lipinski definition) is 5. The Hall–Kier alpha value is -2.71. The minimum Gasteiger partial charge on any atom is -0.320 e. The highest BCUT2D eigenvalue weighted by molar-refractivity contribution is 7.90. The minimum absolute atomic E-state index is 0.236. The summed E-state index contributed by atoms with van der Waals surface area (Å²) in [5, 5.41) is 5.21. The maximum Gasteiger partial charge on any atom is 0.420 e. The van der Waals surface area contributed by atoms with Crippen molar-refractivity contribution in [1.29, 1.82) is 0 Å². The molecule has 1 fully saturated rings. The lowest BCUT2D eigenvalue weighted by Crippen LogP contribution is -2.38. The summed E-state index contributed by atoms with van der Waals surface area (Å²) in [6, 6.07) is 2.01. The Bertz CT molecular complexity index is 1190. The Morgan fingerprint density at radius 2 is 1.91 bits per heavy atom. The smallest absolute Gasteiger partial charge is 0.320 e. The van der Waals surface area contributed by atoms with E-state index in [-0.39, 0.29) is 5.69 Å². The second kappa shape index (κ2) is 8.82. The molecule has 1 aliphatic carbocycles. The van der Waals surface area contributed by atoms with E-state index < -0.39 is 87.5 Å². The molecule has 7 nitrogen and oxygen atoms in total. The van der Waals surface area contributed by atoms with Gasteiger partial charge in [-0.1, -0.05) is 6.92 Å². The molecule has 34 heavy (non-hydrogen) atoms. The van der Waals surface area contributed by atoms with Crippen molar-refractivity contribution in [3.8, 4) is 0 Å². The second-order valence-corrected chi connectivity index (χ2v) is 10.1. The molecule has 0 radical (unpaired) electrons. The van der Waals surface area contributed by atoms with Crippen LogP contribution in [0.5, 0.6) is 0 Å². The Kier molecular flexibility index (Phi) is 6.72. The fourth-order valence-electron chi connectivity index (χ4n) is 3.60. The van der Waals surface area contributed by atoms with Gasteiger partial charge in [-0.2, -0.15) is 18.3 Å². The van der Waals surface area contributed by atoms with Crippen molar-refractivity contribution in [2.45, 2.75) is 55.8 Å². The van der Waals surface area contributed by atoms with Crippen LogP contribution in [0.15, 0.2) is 23.4 Å². The van der Waals surface area contributed by atoms with Crippen LogP contribution in [0.2, 0.25) is 0 Å². The molecule has 2 aromatic heterocycles. The third-order valence-electron chi connectivity index (χ3n) is 5.27. The van der Waals surface area contributed by atoms with Gasteiger partial charge in [0.05, 0.1) is 11.6 Å². The van der Waals surface area contributed by atoms with E-state index in [0.29, 0.717) is 4.68 Å². The van der Waals surface area contributed by atoms with Gasteiger partial charge in [0.1, 0.15) is 11.3 Å². The molecule has 0 saturated heterocycles. The average Bonchev–Trinajstić information content (AvgIpc) is 3.05. The summed E-state index contributed by atoms with van der Waals surface area (Å²) in [5.74, 6) is -7.27. The van der Waals surface area contributed by atoms with Crippen molar-refractivity contribution in [3.05, 3.63) is 35.3 Å². The number of sulfone groups is 1. The first kappa shape index (κ1) is 25.9. The molecule has 1 unspecified atom stereocenters. The van der Waals surface area contributed by atoms with E-state index in [2.05, 4.69) is 15.4 Å². The molecule has 1 aliphatic rings. The zero-order valence-corrected chi connectivity index (χ0v) is 18.5. The fourth-order valence-corrected chi connectivity index (χ4v) is 4.19. The largest absolute Gasteiger partial charge is 0.420 e. The summed E-state index contributed by atoms with van der Waals surface area (Å²) in [4.78, 5) is 16.5. The van der Waals surface area contributed by atoms with Crippen LogP contribution < -0.4 is 5.32 Å². The lowest BCUT2D eigenvalue weighted by molar-refractivity contribution is -0.139. The third kappa shape index (κ3) is 5.50. The highest BCUT2D eigenvalue weighted by Crippen LogP contribution is 2.44. The molecular formula is C19H19F7N4O3S. The van der Waals surface area contributed by atoms with E-state index in [1.165, 1.54) is 0 Å². The van der Waals surface area contributed by atoms with Crippen molar-refractivity contribution in [2.75, 3.05) is 11.6 Å². The fraction of sp³-hybridized carbons (Fsp3) is 0.526. The van der Waals surface area contributed by atoms with Crippen molar-refractivity contribution < 1.29 is 43.9 Å². The van der Waals surface area contributed by atoms with Gasteiger partial charge in [0.25, 0.3) is 5.91 Å². The van der Waals surface area contributed by atoms with Gasteiger partial charge in [-0.3, -0.25) is 9.48 Å². The number of rotatable bonds is 7. The Labute approximate surface area is 189 Å². The average molecular weight is 516 g/mol. The van der Waals surface area contributed by atoms with E-state index in [9.17, 15) is 43.9 Å². The first-order chi connectivity index (χ1) is 15.5. The lowest BCUT2D eigenvalue weighted by atomic mass is 9.81. The normalized spacial score (nSPS) is 17.5. The number of carbonyl (C=O) groups is 1. The number of aromatic nitrogens is 3. The summed E-state index contributed by atoms with van der Waals surface area (Å²) in [5.41, 5.74) is -4.17. The van der Waals surface area contributed by atoms with Gasteiger partial charge in [0, 0.05) is 37.5 Å². The quantitative estimate of drug-likeness (QED) is 0.552. The van der Waals surface area contributed by atoms with Crippen molar-refractivity contribution in [1.82, 2.24) is 14.8 Å². The minimum atomic E-state index is -5.27. The summed E-state index contributed by atoms with van der Waals surface area (Å²) in [7, 11) is -3.82. The lowest BCUT2D eigenvalue weighted by Gasteiger charge is -2.35. The standard InChI is InChI=1S/C19H19F7N4O3S/c1-9(16(20)21)14-13(19(24,25)26)15(30(29-14)8-10-6-18(22,23)7-10)17(31)28-11-3-4-27-12(5-11)34(2,32)33/h3-5,9-10,16H,6-8H2,1-2H3,(H,27,28,31). The number of anilines is 1. The van der Waals surface area contributed by atoms with Gasteiger partial charge in [-0.05, 0) is 18.1 Å². The monoisotopic (exact) mass is 516 g/mol. The van der Waals surface area contributed by atoms with Crippen molar-refractivity contribution >= 4 is 21.4 Å². The van der Waals surface area contributed by atoms with Crippen LogP contribution in [0.1, 0.15) is 47.4 Å². The SMILES string of the molecule is CC(c1nn(CC2CC(F)(F)C2)c(C(=O)Nc2ccnc(S(C)(=O)=O)c2)c1C(F)(F)F)C(F)F. The summed E-state index contributed by atoms with van der Waals surface area (Å²) in [6.45, 7) is 0.273. The summed E-state index contributed by atoms with van der Waals surface area (Å²) in [6.07, 6.45) is -8.01. The van der Waals surface area contributed by atoms with Crippen LogP contribution in [0.4, 0.5) is 36.4 Å². The van der Waals surface area contributed by atoms with Crippen LogP contribution in [0.25, 0.3) is 0 Å². The van der Waals surface area contributed by atoms with Crippen LogP contribution in [-0.4, -0.2) is 47.7 Å². The number of pyridine rings is 1. The molecule has 15 heteroatoms. The third-order valence-corrected chi connectivity index (χ3v) is 6.25. The molecule has 1 saturated carbocycles. The van der Waals surface area contributed by atoms with Crippen LogP contribution >= 0.6 is 0 Å². The zero-order chi connectivity index (χ0) is 25.6. The van der Waals surface area contributed by atoms with Gasteiger partial charge in [-0.25, -0.2) is 31.0 Å². The second-order valence-electron chi connectivity index (χ2n) is 8.15. The molecule has 0 aliphatic heterocycles. The van der Waals surface area contributed by atoms with E-state index in [1.807, 2.05) is 0 Å². The van der Waals surface area contributed by atoms with Gasteiger partial charge in [0.2, 0.25) is 12.3 Å². The van der Waals surface area contributed by atoms with E-state index in [4.69, 9.17) is 0 Å². The van der Waals surface area contributed by atoms with Crippen molar-refractivity contribution in [2.24, 2.45) is 5.92 Å². The molecule has 1 N–H and O–H groups in total. The van der Waals surface area contributed by atoms with Gasteiger partial charge >= 0.3 is 6.18 Å². The molecule has 1 atom stereocenters. The van der Waals surface area contributed by atoms with Crippen LogP contribution in [0.3, 0.4) is 0 Å². The Morgan fingerprint density at radius 1 is 1.29 bits per heavy atom. The number of halogens is 7. The van der Waals surface area contributed by atoms with E-state index >= 15 is 0 Å². The first-order valence-electron chi connectivity index (χ1n) is 9.81.